The van der Waals surface area contributed by atoms with Gasteiger partial charge in [-0.1, -0.05) is 37.4 Å². The maximum absolute atomic E-state index is 10.8. The summed E-state index contributed by atoms with van der Waals surface area (Å²) in [7, 11) is 1.79. The second-order valence-corrected chi connectivity index (χ2v) is 3.92. The fourth-order valence-electron chi connectivity index (χ4n) is 1.80. The highest BCUT2D eigenvalue weighted by atomic mass is 16.6. The van der Waals surface area contributed by atoms with Crippen LogP contribution < -0.4 is 5.46 Å². The van der Waals surface area contributed by atoms with E-state index in [2.05, 4.69) is 0 Å². The molecule has 0 heterocycles. The predicted molar refractivity (Wildman–Crippen MR) is 65.8 cm³/mol. The van der Waals surface area contributed by atoms with Gasteiger partial charge < -0.3 is 5.11 Å². The van der Waals surface area contributed by atoms with Gasteiger partial charge in [-0.25, -0.2) is 0 Å². The zero-order valence-corrected chi connectivity index (χ0v) is 9.64. The van der Waals surface area contributed by atoms with E-state index < -0.39 is 11.0 Å². The maximum Gasteiger partial charge on any atom is 0.274 e. The van der Waals surface area contributed by atoms with Crippen molar-refractivity contribution < 1.29 is 10.0 Å². The van der Waals surface area contributed by atoms with Gasteiger partial charge in [-0.05, 0) is 6.42 Å². The quantitative estimate of drug-likeness (QED) is 0.459. The number of benzene rings is 1. The number of unbranched alkanes of at least 4 members (excludes halogenated alkanes) is 1. The minimum absolute atomic E-state index is 0.0172. The molecule has 0 radical (unpaired) electrons. The molecule has 5 heteroatoms. The van der Waals surface area contributed by atoms with Gasteiger partial charge in [-0.2, -0.15) is 0 Å². The molecule has 0 aromatic heterocycles. The first-order chi connectivity index (χ1) is 7.57. The van der Waals surface area contributed by atoms with E-state index in [1.165, 1.54) is 6.07 Å². The Hall–Kier alpha value is -1.36. The predicted octanol–water partition coefficient (Wildman–Crippen LogP) is 1.08. The Morgan fingerprint density at radius 3 is 2.81 bits per heavy atom. The summed E-state index contributed by atoms with van der Waals surface area (Å²) in [5.41, 5.74) is 1.25. The summed E-state index contributed by atoms with van der Waals surface area (Å²) in [5, 5.41) is 20.8. The molecule has 0 aliphatic carbocycles. The van der Waals surface area contributed by atoms with Crippen molar-refractivity contribution in [3.8, 4) is 0 Å². The molecule has 0 saturated carbocycles. The smallest absolute Gasteiger partial charge is 0.274 e. The first-order valence-corrected chi connectivity index (χ1v) is 5.50. The van der Waals surface area contributed by atoms with Gasteiger partial charge in [0.25, 0.3) is 5.69 Å². The highest BCUT2D eigenvalue weighted by Crippen LogP contribution is 2.26. The summed E-state index contributed by atoms with van der Waals surface area (Å²) >= 11 is 0. The van der Waals surface area contributed by atoms with Crippen molar-refractivity contribution in [1.29, 1.82) is 0 Å². The summed E-state index contributed by atoms with van der Waals surface area (Å²) < 4.78 is 0. The molecule has 0 amide bonds. The van der Waals surface area contributed by atoms with Crippen LogP contribution in [0.1, 0.15) is 37.9 Å². The normalized spacial score (nSPS) is 12.4. The highest BCUT2D eigenvalue weighted by molar-refractivity contribution is 6.33. The van der Waals surface area contributed by atoms with Crippen LogP contribution in [0.2, 0.25) is 0 Å². The number of nitro benzene ring substituents is 1. The van der Waals surface area contributed by atoms with E-state index in [0.717, 1.165) is 18.3 Å². The van der Waals surface area contributed by atoms with Crippen LogP contribution >= 0.6 is 0 Å². The molecule has 0 fully saturated rings. The molecule has 1 atom stereocenters. The minimum Gasteiger partial charge on any atom is -0.388 e. The Kier molecular flexibility index (Phi) is 4.49. The molecule has 86 valence electrons. The summed E-state index contributed by atoms with van der Waals surface area (Å²) in [5.74, 6) is 0. The summed E-state index contributed by atoms with van der Waals surface area (Å²) in [4.78, 5) is 10.4. The Labute approximate surface area is 95.9 Å². The Morgan fingerprint density at radius 1 is 1.56 bits per heavy atom. The minimum atomic E-state index is -0.735. The molecular formula is C11H16BNO3. The van der Waals surface area contributed by atoms with E-state index >= 15 is 0 Å². The molecule has 0 saturated heterocycles. The number of nitrogens with zero attached hydrogens (tertiary/aromatic N) is 1. The molecule has 0 bridgehead atoms. The molecular weight excluding hydrogens is 205 g/mol. The average Bonchev–Trinajstić information content (AvgIpc) is 2.25. The van der Waals surface area contributed by atoms with Crippen molar-refractivity contribution in [3.05, 3.63) is 33.9 Å². The molecule has 1 rings (SSSR count). The van der Waals surface area contributed by atoms with Crippen LogP contribution in [0.15, 0.2) is 18.2 Å². The number of rotatable bonds is 5. The van der Waals surface area contributed by atoms with Gasteiger partial charge in [0.1, 0.15) is 7.85 Å². The summed E-state index contributed by atoms with van der Waals surface area (Å²) in [6.45, 7) is 2.03. The first-order valence-electron chi connectivity index (χ1n) is 5.50. The molecule has 0 aliphatic rings. The lowest BCUT2D eigenvalue weighted by Crippen LogP contribution is -2.16. The van der Waals surface area contributed by atoms with Gasteiger partial charge in [0, 0.05) is 6.07 Å². The third-order valence-corrected chi connectivity index (χ3v) is 2.66. The van der Waals surface area contributed by atoms with E-state index in [1.807, 2.05) is 6.92 Å². The molecule has 4 nitrogen and oxygen atoms in total. The molecule has 0 aliphatic heterocycles. The third kappa shape index (κ3) is 2.82. The van der Waals surface area contributed by atoms with Crippen LogP contribution in [0.3, 0.4) is 0 Å². The second kappa shape index (κ2) is 5.65. The van der Waals surface area contributed by atoms with Gasteiger partial charge in [-0.15, -0.1) is 0 Å². The van der Waals surface area contributed by atoms with Crippen LogP contribution in [0.5, 0.6) is 0 Å². The summed E-state index contributed by atoms with van der Waals surface area (Å²) in [6.07, 6.45) is 1.67. The van der Waals surface area contributed by atoms with Crippen LogP contribution in [0, 0.1) is 10.1 Å². The van der Waals surface area contributed by atoms with Gasteiger partial charge in [0.2, 0.25) is 0 Å². The SMILES string of the molecule is Bc1cccc([N+](=O)[O-])c1C(O)CCCC. The lowest BCUT2D eigenvalue weighted by Gasteiger charge is -2.13. The third-order valence-electron chi connectivity index (χ3n) is 2.66. The van der Waals surface area contributed by atoms with Crippen molar-refractivity contribution in [2.75, 3.05) is 0 Å². The number of aliphatic hydroxyl groups is 1. The zero-order valence-electron chi connectivity index (χ0n) is 9.64. The number of hydrogen-bond acceptors (Lipinski definition) is 3. The van der Waals surface area contributed by atoms with Crippen LogP contribution in [0.25, 0.3) is 0 Å². The van der Waals surface area contributed by atoms with Crippen LogP contribution in [0.4, 0.5) is 5.69 Å². The molecule has 1 aromatic carbocycles. The van der Waals surface area contributed by atoms with Gasteiger partial charge in [0.15, 0.2) is 0 Å². The van der Waals surface area contributed by atoms with Crippen molar-refractivity contribution in [2.24, 2.45) is 0 Å². The van der Waals surface area contributed by atoms with Crippen LogP contribution in [-0.2, 0) is 0 Å². The lowest BCUT2D eigenvalue weighted by molar-refractivity contribution is -0.386. The van der Waals surface area contributed by atoms with Gasteiger partial charge in [-0.3, -0.25) is 10.1 Å². The van der Waals surface area contributed by atoms with Gasteiger partial charge >= 0.3 is 0 Å². The monoisotopic (exact) mass is 221 g/mol. The molecule has 1 aromatic rings. The highest BCUT2D eigenvalue weighted by Gasteiger charge is 2.21. The Bertz CT molecular complexity index is 381. The van der Waals surface area contributed by atoms with E-state index in [0.29, 0.717) is 12.0 Å². The van der Waals surface area contributed by atoms with E-state index in [4.69, 9.17) is 0 Å². The second-order valence-electron chi connectivity index (χ2n) is 3.92. The van der Waals surface area contributed by atoms with E-state index in [-0.39, 0.29) is 5.69 Å². The van der Waals surface area contributed by atoms with E-state index in [1.54, 1.807) is 20.0 Å². The molecule has 16 heavy (non-hydrogen) atoms. The fraction of sp³-hybridized carbons (Fsp3) is 0.455. The standard InChI is InChI=1S/C11H16BNO3/c1-2-3-7-10(14)11-8(12)5-4-6-9(11)13(15)16/h4-6,10,14H,2-3,7,12H2,1H3. The average molecular weight is 221 g/mol. The fourth-order valence-corrected chi connectivity index (χ4v) is 1.80. The lowest BCUT2D eigenvalue weighted by atomic mass is 9.85. The van der Waals surface area contributed by atoms with Gasteiger partial charge in [0.05, 0.1) is 16.6 Å². The topological polar surface area (TPSA) is 63.4 Å². The number of nitro groups is 1. The zero-order chi connectivity index (χ0) is 12.1. The number of hydrogen-bond donors (Lipinski definition) is 1. The molecule has 0 spiro atoms. The largest absolute Gasteiger partial charge is 0.388 e. The van der Waals surface area contributed by atoms with E-state index in [9.17, 15) is 15.2 Å². The van der Waals surface area contributed by atoms with Crippen molar-refractivity contribution in [1.82, 2.24) is 0 Å². The van der Waals surface area contributed by atoms with Crippen molar-refractivity contribution >= 4 is 19.0 Å². The number of aliphatic hydroxyl groups excluding tert-OH is 1. The molecule has 1 N–H and O–H groups in total. The summed E-state index contributed by atoms with van der Waals surface area (Å²) in [6, 6.07) is 4.87. The molecule has 1 unspecified atom stereocenters. The first kappa shape index (κ1) is 12.7. The Balaban J connectivity index is 3.04. The Morgan fingerprint density at radius 2 is 2.25 bits per heavy atom. The van der Waals surface area contributed by atoms with Crippen LogP contribution in [-0.4, -0.2) is 17.9 Å². The maximum atomic E-state index is 10.8. The van der Waals surface area contributed by atoms with Crippen molar-refractivity contribution in [3.63, 3.8) is 0 Å². The van der Waals surface area contributed by atoms with Crippen molar-refractivity contribution in [2.45, 2.75) is 32.3 Å².